The van der Waals surface area contributed by atoms with Crippen LogP contribution < -0.4 is 5.32 Å². The number of aromatic nitrogens is 2. The number of thioether (sulfide) groups is 1. The van der Waals surface area contributed by atoms with Crippen LogP contribution in [0.25, 0.3) is 16.6 Å². The zero-order valence-corrected chi connectivity index (χ0v) is 14.8. The lowest BCUT2D eigenvalue weighted by molar-refractivity contribution is -0.114. The molecule has 0 saturated heterocycles. The van der Waals surface area contributed by atoms with Crippen LogP contribution in [0.3, 0.4) is 0 Å². The standard InChI is InChI=1S/C19H16N4O2S/c1-12(24)21-13-6-8-14(9-7-13)26-11-18(25)15(10-20)19-22-16-4-2-3-5-17(16)23-19/h2-9,25H,11H2,1H3,(H,21,24)(H,22,23)/b18-15-. The summed E-state index contributed by atoms with van der Waals surface area (Å²) in [6, 6.07) is 16.7. The van der Waals surface area contributed by atoms with Gasteiger partial charge in [-0.2, -0.15) is 5.26 Å². The first-order valence-corrected chi connectivity index (χ1v) is 8.83. The predicted molar refractivity (Wildman–Crippen MR) is 103 cm³/mol. The van der Waals surface area contributed by atoms with Crippen LogP contribution in [0.4, 0.5) is 5.69 Å². The predicted octanol–water partition coefficient (Wildman–Crippen LogP) is 4.11. The summed E-state index contributed by atoms with van der Waals surface area (Å²) in [5, 5.41) is 22.5. The Morgan fingerprint density at radius 1 is 1.27 bits per heavy atom. The number of fused-ring (bicyclic) bond motifs is 1. The Bertz CT molecular complexity index is 983. The van der Waals surface area contributed by atoms with Crippen molar-refractivity contribution in [3.05, 3.63) is 60.1 Å². The van der Waals surface area contributed by atoms with Crippen LogP contribution in [0.2, 0.25) is 0 Å². The molecular weight excluding hydrogens is 348 g/mol. The number of aliphatic hydroxyl groups is 1. The van der Waals surface area contributed by atoms with Gasteiger partial charge in [-0.3, -0.25) is 4.79 Å². The fourth-order valence-electron chi connectivity index (χ4n) is 2.39. The van der Waals surface area contributed by atoms with Crippen LogP contribution in [0, 0.1) is 11.3 Å². The summed E-state index contributed by atoms with van der Waals surface area (Å²) in [6.07, 6.45) is 0. The van der Waals surface area contributed by atoms with E-state index in [1.54, 1.807) is 12.1 Å². The molecule has 3 N–H and O–H groups in total. The number of imidazole rings is 1. The molecule has 6 nitrogen and oxygen atoms in total. The number of H-pyrrole nitrogens is 1. The lowest BCUT2D eigenvalue weighted by Gasteiger charge is -2.05. The normalized spacial score (nSPS) is 11.7. The van der Waals surface area contributed by atoms with Crippen LogP contribution in [-0.2, 0) is 4.79 Å². The zero-order valence-electron chi connectivity index (χ0n) is 14.0. The van der Waals surface area contributed by atoms with Crippen molar-refractivity contribution in [2.45, 2.75) is 11.8 Å². The summed E-state index contributed by atoms with van der Waals surface area (Å²) in [5.41, 5.74) is 2.39. The van der Waals surface area contributed by atoms with Crippen molar-refractivity contribution in [1.29, 1.82) is 5.26 Å². The number of aromatic amines is 1. The first kappa shape index (κ1) is 17.6. The maximum Gasteiger partial charge on any atom is 0.221 e. The molecule has 0 unspecified atom stereocenters. The summed E-state index contributed by atoms with van der Waals surface area (Å²) in [6.45, 7) is 1.45. The Morgan fingerprint density at radius 3 is 2.65 bits per heavy atom. The number of nitriles is 1. The molecule has 0 aliphatic heterocycles. The average Bonchev–Trinajstić information content (AvgIpc) is 3.05. The molecule has 1 heterocycles. The molecule has 3 rings (SSSR count). The minimum absolute atomic E-state index is 0.0394. The maximum absolute atomic E-state index is 11.0. The number of benzene rings is 2. The molecule has 0 aliphatic carbocycles. The van der Waals surface area contributed by atoms with E-state index in [1.807, 2.05) is 42.5 Å². The summed E-state index contributed by atoms with van der Waals surface area (Å²) in [7, 11) is 0. The van der Waals surface area contributed by atoms with E-state index < -0.39 is 0 Å². The van der Waals surface area contributed by atoms with Crippen molar-refractivity contribution in [2.24, 2.45) is 0 Å². The van der Waals surface area contributed by atoms with Gasteiger partial charge >= 0.3 is 0 Å². The third kappa shape index (κ3) is 4.05. The molecule has 1 amide bonds. The molecule has 7 heteroatoms. The molecule has 0 saturated carbocycles. The number of anilines is 1. The highest BCUT2D eigenvalue weighted by atomic mass is 32.2. The molecule has 0 radical (unpaired) electrons. The van der Waals surface area contributed by atoms with Gasteiger partial charge in [0.25, 0.3) is 0 Å². The highest BCUT2D eigenvalue weighted by Crippen LogP contribution is 2.25. The SMILES string of the molecule is CC(=O)Nc1ccc(SC/C(O)=C(\C#N)c2nc3ccccc3[nH]2)cc1. The van der Waals surface area contributed by atoms with Crippen molar-refractivity contribution in [2.75, 3.05) is 11.1 Å². The lowest BCUT2D eigenvalue weighted by atomic mass is 10.2. The van der Waals surface area contributed by atoms with Gasteiger partial charge in [-0.15, -0.1) is 11.8 Å². The van der Waals surface area contributed by atoms with Crippen molar-refractivity contribution in [3.8, 4) is 6.07 Å². The number of nitrogens with one attached hydrogen (secondary N) is 2. The van der Waals surface area contributed by atoms with Crippen molar-refractivity contribution >= 4 is 40.0 Å². The maximum atomic E-state index is 11.0. The molecule has 130 valence electrons. The molecular formula is C19H16N4O2S. The average molecular weight is 364 g/mol. The second-order valence-electron chi connectivity index (χ2n) is 5.53. The number of hydrogen-bond donors (Lipinski definition) is 3. The van der Waals surface area contributed by atoms with Crippen molar-refractivity contribution < 1.29 is 9.90 Å². The van der Waals surface area contributed by atoms with E-state index in [9.17, 15) is 15.2 Å². The molecule has 0 fully saturated rings. The summed E-state index contributed by atoms with van der Waals surface area (Å²) < 4.78 is 0. The molecule has 0 aliphatic rings. The molecule has 26 heavy (non-hydrogen) atoms. The lowest BCUT2D eigenvalue weighted by Crippen LogP contribution is -2.05. The molecule has 0 spiro atoms. The summed E-state index contributed by atoms with van der Waals surface area (Å²) in [5.74, 6) is 0.421. The van der Waals surface area contributed by atoms with E-state index >= 15 is 0 Å². The molecule has 0 bridgehead atoms. The number of rotatable bonds is 5. The third-order valence-corrected chi connectivity index (χ3v) is 4.60. The summed E-state index contributed by atoms with van der Waals surface area (Å²) >= 11 is 1.39. The molecule has 1 aromatic heterocycles. The number of allylic oxidation sites excluding steroid dienone is 1. The van der Waals surface area contributed by atoms with Crippen molar-refractivity contribution in [1.82, 2.24) is 9.97 Å². The number of amides is 1. The molecule has 2 aromatic carbocycles. The van der Waals surface area contributed by atoms with E-state index in [4.69, 9.17) is 0 Å². The number of carbonyl (C=O) groups excluding carboxylic acids is 1. The van der Waals surface area contributed by atoms with Gasteiger partial charge < -0.3 is 15.4 Å². The topological polar surface area (TPSA) is 102 Å². The second kappa shape index (κ2) is 7.76. The fraction of sp³-hybridized carbons (Fsp3) is 0.105. The van der Waals surface area contributed by atoms with E-state index in [2.05, 4.69) is 15.3 Å². The van der Waals surface area contributed by atoms with Gasteiger partial charge in [0, 0.05) is 17.5 Å². The van der Waals surface area contributed by atoms with E-state index in [0.717, 1.165) is 15.9 Å². The van der Waals surface area contributed by atoms with Gasteiger partial charge in [-0.25, -0.2) is 4.98 Å². The van der Waals surface area contributed by atoms with Gasteiger partial charge in [-0.1, -0.05) is 12.1 Å². The first-order valence-electron chi connectivity index (χ1n) is 7.84. The second-order valence-corrected chi connectivity index (χ2v) is 6.58. The minimum atomic E-state index is -0.129. The van der Waals surface area contributed by atoms with Crippen LogP contribution in [0.15, 0.2) is 59.2 Å². The molecule has 0 atom stereocenters. The van der Waals surface area contributed by atoms with Gasteiger partial charge in [-0.05, 0) is 36.4 Å². The first-order chi connectivity index (χ1) is 12.6. The van der Waals surface area contributed by atoms with E-state index in [-0.39, 0.29) is 23.0 Å². The van der Waals surface area contributed by atoms with Gasteiger partial charge in [0.1, 0.15) is 17.4 Å². The van der Waals surface area contributed by atoms with E-state index in [0.29, 0.717) is 11.5 Å². The van der Waals surface area contributed by atoms with Crippen LogP contribution in [0.1, 0.15) is 12.7 Å². The number of carbonyl (C=O) groups is 1. The van der Waals surface area contributed by atoms with Gasteiger partial charge in [0.05, 0.1) is 16.8 Å². The Kier molecular flexibility index (Phi) is 5.25. The Labute approximate surface area is 154 Å². The quantitative estimate of drug-likeness (QED) is 0.359. The fourth-order valence-corrected chi connectivity index (χ4v) is 3.16. The Balaban J connectivity index is 1.74. The van der Waals surface area contributed by atoms with Crippen LogP contribution in [-0.4, -0.2) is 26.7 Å². The van der Waals surface area contributed by atoms with Gasteiger partial charge in [0.2, 0.25) is 5.91 Å². The third-order valence-electron chi connectivity index (χ3n) is 3.58. The highest BCUT2D eigenvalue weighted by molar-refractivity contribution is 7.99. The van der Waals surface area contributed by atoms with Crippen molar-refractivity contribution in [3.63, 3.8) is 0 Å². The van der Waals surface area contributed by atoms with Gasteiger partial charge in [0.15, 0.2) is 5.82 Å². The van der Waals surface area contributed by atoms with E-state index in [1.165, 1.54) is 18.7 Å². The zero-order chi connectivity index (χ0) is 18.5. The minimum Gasteiger partial charge on any atom is -0.510 e. The molecule has 3 aromatic rings. The highest BCUT2D eigenvalue weighted by Gasteiger charge is 2.13. The number of para-hydroxylation sites is 2. The Morgan fingerprint density at radius 2 is 2.00 bits per heavy atom. The Hall–Kier alpha value is -3.24. The van der Waals surface area contributed by atoms with Crippen LogP contribution in [0.5, 0.6) is 0 Å². The number of aliphatic hydroxyl groups excluding tert-OH is 1. The largest absolute Gasteiger partial charge is 0.510 e. The monoisotopic (exact) mass is 364 g/mol. The summed E-state index contributed by atoms with van der Waals surface area (Å²) in [4.78, 5) is 19.3. The number of hydrogen-bond acceptors (Lipinski definition) is 5. The smallest absolute Gasteiger partial charge is 0.221 e. The van der Waals surface area contributed by atoms with Crippen LogP contribution >= 0.6 is 11.8 Å². The number of nitrogens with zero attached hydrogens (tertiary/aromatic N) is 2.